The van der Waals surface area contributed by atoms with Gasteiger partial charge >= 0.3 is 49.4 Å². The van der Waals surface area contributed by atoms with Gasteiger partial charge in [0.05, 0.1) is 0 Å². The van der Waals surface area contributed by atoms with Crippen molar-refractivity contribution in [3.05, 3.63) is 34.9 Å². The number of hydrogen-bond donors (Lipinski definition) is 0. The maximum absolute atomic E-state index is 2.37. The van der Waals surface area contributed by atoms with E-state index in [1.165, 1.54) is 16.7 Å². The van der Waals surface area contributed by atoms with E-state index in [0.29, 0.717) is 9.47 Å². The molecule has 0 aromatic heterocycles. The molecular formula is C9H12I2V. The van der Waals surface area contributed by atoms with Crippen LogP contribution in [0.5, 0.6) is 0 Å². The van der Waals surface area contributed by atoms with Gasteiger partial charge in [-0.2, -0.15) is 0 Å². The third-order valence-corrected chi connectivity index (χ3v) is 1.88. The summed E-state index contributed by atoms with van der Waals surface area (Å²) in [6, 6.07) is 6.38. The third-order valence-electron chi connectivity index (χ3n) is 1.88. The summed E-state index contributed by atoms with van der Waals surface area (Å²) < 4.78 is 0. The van der Waals surface area contributed by atoms with Gasteiger partial charge in [-0.15, -0.1) is 0 Å². The van der Waals surface area contributed by atoms with E-state index in [2.05, 4.69) is 78.9 Å². The van der Waals surface area contributed by atoms with Crippen LogP contribution >= 0.6 is 40.0 Å². The molecule has 67 valence electrons. The van der Waals surface area contributed by atoms with Crippen LogP contribution in [0.2, 0.25) is 0 Å². The second-order valence-electron chi connectivity index (χ2n) is 2.58. The summed E-state index contributed by atoms with van der Waals surface area (Å²) in [6.45, 7) is 6.44. The molecule has 0 saturated heterocycles. The maximum atomic E-state index is 2.37. The minimum absolute atomic E-state index is 0.628. The first-order valence-electron chi connectivity index (χ1n) is 3.58. The monoisotopic (exact) mass is 425 g/mol. The predicted molar refractivity (Wildman–Crippen MR) is 68.7 cm³/mol. The molecule has 0 radical (unpaired) electrons. The summed E-state index contributed by atoms with van der Waals surface area (Å²) in [5.41, 5.74) is 4.18. The van der Waals surface area contributed by atoms with Crippen molar-refractivity contribution >= 4 is 40.0 Å². The van der Waals surface area contributed by atoms with Gasteiger partial charge in [-0.05, 0) is 37.5 Å². The minimum atomic E-state index is 0.628. The van der Waals surface area contributed by atoms with Crippen LogP contribution in [0.3, 0.4) is 0 Å². The van der Waals surface area contributed by atoms with E-state index in [4.69, 9.17) is 0 Å². The Morgan fingerprint density at radius 1 is 1.00 bits per heavy atom. The van der Waals surface area contributed by atoms with Crippen molar-refractivity contribution in [3.8, 4) is 0 Å². The fraction of sp³-hybridized carbons (Fsp3) is 0.333. The van der Waals surface area contributed by atoms with Crippen LogP contribution in [0.15, 0.2) is 18.2 Å². The Balaban J connectivity index is 0.000000354. The van der Waals surface area contributed by atoms with E-state index >= 15 is 0 Å². The molecule has 0 amide bonds. The Morgan fingerprint density at radius 2 is 1.33 bits per heavy atom. The Bertz CT molecular complexity index is 216. The van der Waals surface area contributed by atoms with Crippen LogP contribution in [0.25, 0.3) is 0 Å². The average Bonchev–Trinajstić information content (AvgIpc) is 2.02. The Morgan fingerprint density at radius 3 is 1.58 bits per heavy atom. The van der Waals surface area contributed by atoms with Gasteiger partial charge in [0, 0.05) is 0 Å². The summed E-state index contributed by atoms with van der Waals surface area (Å²) in [5.74, 6) is 0. The van der Waals surface area contributed by atoms with Crippen LogP contribution in [0.4, 0.5) is 0 Å². The molecule has 1 aromatic carbocycles. The Labute approximate surface area is 104 Å². The predicted octanol–water partition coefficient (Wildman–Crippen LogP) is 4.38. The summed E-state index contributed by atoms with van der Waals surface area (Å²) in [4.78, 5) is 0. The van der Waals surface area contributed by atoms with Crippen molar-refractivity contribution in [2.24, 2.45) is 0 Å². The van der Waals surface area contributed by atoms with Gasteiger partial charge in [-0.25, -0.2) is 0 Å². The fourth-order valence-corrected chi connectivity index (χ4v) is 0.898. The van der Waals surface area contributed by atoms with Gasteiger partial charge in [0.2, 0.25) is 0 Å². The molecule has 0 heterocycles. The number of aryl methyl sites for hydroxylation is 2. The first-order chi connectivity index (χ1) is 5.63. The summed E-state index contributed by atoms with van der Waals surface area (Å²) >= 11 is 4.74. The van der Waals surface area contributed by atoms with E-state index < -0.39 is 0 Å². The van der Waals surface area contributed by atoms with E-state index in [0.717, 1.165) is 0 Å². The summed E-state index contributed by atoms with van der Waals surface area (Å²) in [7, 11) is 0.628. The number of hydrogen-bond acceptors (Lipinski definition) is 0. The molecule has 3 heteroatoms. The normalized spacial score (nSPS) is 8.42. The first-order valence-corrected chi connectivity index (χ1v) is 12.6. The molecule has 1 rings (SSSR count). The summed E-state index contributed by atoms with van der Waals surface area (Å²) in [5, 5.41) is 0. The average molecular weight is 425 g/mol. The molecule has 0 aliphatic rings. The van der Waals surface area contributed by atoms with Gasteiger partial charge in [0.15, 0.2) is 0 Å². The molecule has 0 saturated carbocycles. The first kappa shape index (κ1) is 13.3. The van der Waals surface area contributed by atoms with Crippen LogP contribution < -0.4 is 0 Å². The number of halogens is 2. The molecule has 0 aliphatic heterocycles. The van der Waals surface area contributed by atoms with Gasteiger partial charge in [0.1, 0.15) is 0 Å². The van der Waals surface area contributed by atoms with Crippen LogP contribution in [0.1, 0.15) is 16.7 Å². The second kappa shape index (κ2) is 7.65. The zero-order valence-corrected chi connectivity index (χ0v) is 13.1. The number of benzene rings is 1. The van der Waals surface area contributed by atoms with Gasteiger partial charge in [0.25, 0.3) is 0 Å². The van der Waals surface area contributed by atoms with Crippen molar-refractivity contribution in [2.75, 3.05) is 0 Å². The molecule has 0 atom stereocenters. The van der Waals surface area contributed by atoms with Gasteiger partial charge < -0.3 is 0 Å². The van der Waals surface area contributed by atoms with E-state index in [9.17, 15) is 0 Å². The van der Waals surface area contributed by atoms with E-state index in [1.54, 1.807) is 0 Å². The Kier molecular flexibility index (Phi) is 8.45. The van der Waals surface area contributed by atoms with Crippen molar-refractivity contribution < 1.29 is 9.47 Å². The molecule has 0 bridgehead atoms. The quantitative estimate of drug-likeness (QED) is 0.542. The topological polar surface area (TPSA) is 0 Å². The van der Waals surface area contributed by atoms with Gasteiger partial charge in [-0.1, -0.05) is 18.2 Å². The third kappa shape index (κ3) is 5.09. The summed E-state index contributed by atoms with van der Waals surface area (Å²) in [6.07, 6.45) is 0. The fourth-order valence-electron chi connectivity index (χ4n) is 0.898. The van der Waals surface area contributed by atoms with Crippen LogP contribution in [0, 0.1) is 20.8 Å². The van der Waals surface area contributed by atoms with Crippen molar-refractivity contribution in [1.82, 2.24) is 0 Å². The molecule has 0 aliphatic carbocycles. The van der Waals surface area contributed by atoms with Gasteiger partial charge in [-0.3, -0.25) is 0 Å². The molecular weight excluding hydrogens is 413 g/mol. The molecule has 0 N–H and O–H groups in total. The van der Waals surface area contributed by atoms with Crippen molar-refractivity contribution in [2.45, 2.75) is 20.8 Å². The zero-order chi connectivity index (χ0) is 9.56. The molecule has 0 unspecified atom stereocenters. The molecule has 1 aromatic rings. The molecule has 0 spiro atoms. The van der Waals surface area contributed by atoms with E-state index in [1.807, 2.05) is 0 Å². The number of rotatable bonds is 0. The zero-order valence-electron chi connectivity index (χ0n) is 7.44. The van der Waals surface area contributed by atoms with Crippen molar-refractivity contribution in [1.29, 1.82) is 0 Å². The van der Waals surface area contributed by atoms with E-state index in [-0.39, 0.29) is 0 Å². The SMILES string of the molecule is Cc1cccc(C)c1C.[I][V][I]. The van der Waals surface area contributed by atoms with Crippen LogP contribution in [-0.4, -0.2) is 0 Å². The standard InChI is InChI=1S/C9H12.2HI.V/c1-7-5-4-6-8(2)9(7)3;;;/h4-6H,1-3H3;2*1H;/q;;;+2/p-2. The Hall–Kier alpha value is 1.26. The molecule has 12 heavy (non-hydrogen) atoms. The molecule has 0 fully saturated rings. The van der Waals surface area contributed by atoms with Crippen molar-refractivity contribution in [3.63, 3.8) is 0 Å². The second-order valence-corrected chi connectivity index (χ2v) is 14.4. The van der Waals surface area contributed by atoms with Crippen LogP contribution in [-0.2, 0) is 9.47 Å². The molecule has 0 nitrogen and oxygen atoms in total.